The van der Waals surface area contributed by atoms with E-state index in [0.29, 0.717) is 0 Å². The molecular formula is C18H25NO. The number of furan rings is 1. The number of fused-ring (bicyclic) bond motifs is 1. The molecule has 0 aromatic carbocycles. The van der Waals surface area contributed by atoms with Crippen LogP contribution in [0.4, 0.5) is 0 Å². The summed E-state index contributed by atoms with van der Waals surface area (Å²) in [5.41, 5.74) is 5.26. The van der Waals surface area contributed by atoms with Crippen LogP contribution in [0.15, 0.2) is 40.5 Å². The smallest absolute Gasteiger partial charge is 0.153 e. The number of hydrogen-bond acceptors (Lipinski definition) is 2. The van der Waals surface area contributed by atoms with Crippen LogP contribution < -0.4 is 0 Å². The molecule has 0 spiro atoms. The molecule has 0 atom stereocenters. The molecule has 2 aromatic rings. The molecule has 0 N–H and O–H groups in total. The minimum Gasteiger partial charge on any atom is -0.454 e. The fourth-order valence-corrected chi connectivity index (χ4v) is 2.19. The molecule has 2 heteroatoms. The van der Waals surface area contributed by atoms with Crippen LogP contribution in [0.5, 0.6) is 0 Å². The van der Waals surface area contributed by atoms with E-state index < -0.39 is 0 Å². The normalized spacial score (nSPS) is 9.90. The summed E-state index contributed by atoms with van der Waals surface area (Å²) in [6.07, 6.45) is 2.74. The first-order chi connectivity index (χ1) is 9.52. The minimum absolute atomic E-state index is 0.835. The third kappa shape index (κ3) is 3.38. The molecule has 0 radical (unpaired) electrons. The molecule has 0 aliphatic heterocycles. The molecule has 108 valence electrons. The summed E-state index contributed by atoms with van der Waals surface area (Å²) < 4.78 is 5.87. The van der Waals surface area contributed by atoms with Gasteiger partial charge in [-0.3, -0.25) is 4.98 Å². The number of nitrogens with zero attached hydrogens (tertiary/aromatic N) is 1. The van der Waals surface area contributed by atoms with E-state index in [1.54, 1.807) is 6.20 Å². The van der Waals surface area contributed by atoms with Gasteiger partial charge < -0.3 is 4.42 Å². The van der Waals surface area contributed by atoms with Gasteiger partial charge in [-0.25, -0.2) is 0 Å². The van der Waals surface area contributed by atoms with Gasteiger partial charge in [-0.05, 0) is 44.9 Å². The fourth-order valence-electron chi connectivity index (χ4n) is 2.19. The summed E-state index contributed by atoms with van der Waals surface area (Å²) in [5, 5.41) is 1.11. The topological polar surface area (TPSA) is 26.0 Å². The molecule has 0 saturated carbocycles. The van der Waals surface area contributed by atoms with Gasteiger partial charge >= 0.3 is 0 Å². The van der Waals surface area contributed by atoms with Crippen molar-refractivity contribution in [3.63, 3.8) is 0 Å². The molecule has 0 unspecified atom stereocenters. The lowest BCUT2D eigenvalue weighted by atomic mass is 10.0. The minimum atomic E-state index is 0.835. The number of hydrogen-bond donors (Lipinski definition) is 0. The quantitative estimate of drug-likeness (QED) is 0.661. The number of aromatic nitrogens is 1. The Labute approximate surface area is 122 Å². The highest BCUT2D eigenvalue weighted by atomic mass is 16.3. The van der Waals surface area contributed by atoms with Crippen molar-refractivity contribution in [1.82, 2.24) is 4.98 Å². The van der Waals surface area contributed by atoms with Gasteiger partial charge in [0.15, 0.2) is 5.58 Å². The molecule has 0 bridgehead atoms. The molecule has 2 heterocycles. The lowest BCUT2D eigenvalue weighted by Gasteiger charge is -2.05. The molecule has 20 heavy (non-hydrogen) atoms. The summed E-state index contributed by atoms with van der Waals surface area (Å²) in [6.45, 7) is 16.3. The Morgan fingerprint density at radius 2 is 1.85 bits per heavy atom. The monoisotopic (exact) mass is 271 g/mol. The van der Waals surface area contributed by atoms with Gasteiger partial charge in [-0.15, -0.1) is 0 Å². The first-order valence-electron chi connectivity index (χ1n) is 7.25. The zero-order chi connectivity index (χ0) is 15.3. The predicted octanol–water partition coefficient (Wildman–Crippen LogP) is 5.79. The predicted molar refractivity (Wildman–Crippen MR) is 87.8 cm³/mol. The van der Waals surface area contributed by atoms with Gasteiger partial charge in [0, 0.05) is 16.7 Å². The summed E-state index contributed by atoms with van der Waals surface area (Å²) in [5.74, 6) is 0.882. The second kappa shape index (κ2) is 7.09. The Bertz CT molecular complexity index is 628. The zero-order valence-corrected chi connectivity index (χ0v) is 13.5. The van der Waals surface area contributed by atoms with Crippen LogP contribution in [-0.2, 0) is 6.42 Å². The van der Waals surface area contributed by atoms with Crippen LogP contribution in [0.25, 0.3) is 16.5 Å². The van der Waals surface area contributed by atoms with Crippen molar-refractivity contribution >= 4 is 16.5 Å². The van der Waals surface area contributed by atoms with Crippen LogP contribution >= 0.6 is 0 Å². The Balaban J connectivity index is 0.000000956. The van der Waals surface area contributed by atoms with Crippen molar-refractivity contribution < 1.29 is 4.42 Å². The van der Waals surface area contributed by atoms with Crippen molar-refractivity contribution in [2.24, 2.45) is 0 Å². The Kier molecular flexibility index (Phi) is 5.75. The fraction of sp³-hybridized carbons (Fsp3) is 0.389. The third-order valence-electron chi connectivity index (χ3n) is 3.00. The van der Waals surface area contributed by atoms with E-state index in [-0.39, 0.29) is 0 Å². The second-order valence-corrected chi connectivity index (χ2v) is 4.83. The first kappa shape index (κ1) is 16.2. The molecule has 0 aliphatic carbocycles. The Morgan fingerprint density at radius 1 is 1.20 bits per heavy atom. The van der Waals surface area contributed by atoms with E-state index in [1.807, 2.05) is 20.8 Å². The molecule has 0 aliphatic rings. The maximum Gasteiger partial charge on any atom is 0.153 e. The largest absolute Gasteiger partial charge is 0.454 e. The highest BCUT2D eigenvalue weighted by Crippen LogP contribution is 2.30. The van der Waals surface area contributed by atoms with Crippen molar-refractivity contribution in [3.8, 4) is 0 Å². The van der Waals surface area contributed by atoms with Gasteiger partial charge in [0.2, 0.25) is 0 Å². The highest BCUT2D eigenvalue weighted by Gasteiger charge is 2.11. The molecule has 0 amide bonds. The van der Waals surface area contributed by atoms with Gasteiger partial charge in [0.1, 0.15) is 5.76 Å². The van der Waals surface area contributed by atoms with Crippen molar-refractivity contribution in [2.75, 3.05) is 0 Å². The van der Waals surface area contributed by atoms with Gasteiger partial charge in [0.05, 0.1) is 6.20 Å². The van der Waals surface area contributed by atoms with E-state index in [9.17, 15) is 0 Å². The highest BCUT2D eigenvalue weighted by molar-refractivity contribution is 5.86. The first-order valence-corrected chi connectivity index (χ1v) is 7.25. The molecule has 2 nitrogen and oxygen atoms in total. The van der Waals surface area contributed by atoms with Crippen LogP contribution in [0.3, 0.4) is 0 Å². The molecule has 0 fully saturated rings. The standard InChI is InChI=1S/C16H19NO.C2H6/c1-6-13-7-12-8-14(18-15(12)9-17-13)16(10(2)3)11(4)5;1-2/h7-9H,2,6H2,1,3-5H3;1-2H3. The van der Waals surface area contributed by atoms with Crippen LogP contribution in [0, 0.1) is 0 Å². The summed E-state index contributed by atoms with van der Waals surface area (Å²) in [4.78, 5) is 4.36. The van der Waals surface area contributed by atoms with Gasteiger partial charge in [0.25, 0.3) is 0 Å². The van der Waals surface area contributed by atoms with E-state index in [0.717, 1.165) is 40.0 Å². The number of aryl methyl sites for hydroxylation is 1. The van der Waals surface area contributed by atoms with Crippen molar-refractivity contribution in [2.45, 2.75) is 48.0 Å². The number of allylic oxidation sites excluding steroid dienone is 3. The van der Waals surface area contributed by atoms with Crippen molar-refractivity contribution in [3.05, 3.63) is 47.5 Å². The Hall–Kier alpha value is -1.83. The van der Waals surface area contributed by atoms with Crippen molar-refractivity contribution in [1.29, 1.82) is 0 Å². The SMILES string of the molecule is C=C(C)C(=C(C)C)c1cc2cc(CC)ncc2o1.CC. The lowest BCUT2D eigenvalue weighted by molar-refractivity contribution is 0.597. The Morgan fingerprint density at radius 3 is 2.35 bits per heavy atom. The maximum atomic E-state index is 5.87. The number of pyridine rings is 1. The van der Waals surface area contributed by atoms with Gasteiger partial charge in [-0.1, -0.05) is 32.9 Å². The van der Waals surface area contributed by atoms with E-state index in [2.05, 4.69) is 44.5 Å². The average molecular weight is 271 g/mol. The van der Waals surface area contributed by atoms with Crippen LogP contribution in [0.1, 0.15) is 53.0 Å². The van der Waals surface area contributed by atoms with Crippen LogP contribution in [0.2, 0.25) is 0 Å². The second-order valence-electron chi connectivity index (χ2n) is 4.83. The lowest BCUT2D eigenvalue weighted by Crippen LogP contribution is -1.85. The number of rotatable bonds is 3. The van der Waals surface area contributed by atoms with E-state index in [1.165, 1.54) is 5.57 Å². The summed E-state index contributed by atoms with van der Waals surface area (Å²) in [6, 6.07) is 4.16. The maximum absolute atomic E-state index is 5.87. The van der Waals surface area contributed by atoms with E-state index >= 15 is 0 Å². The molecular weight excluding hydrogens is 246 g/mol. The molecule has 2 rings (SSSR count). The third-order valence-corrected chi connectivity index (χ3v) is 3.00. The van der Waals surface area contributed by atoms with E-state index in [4.69, 9.17) is 4.42 Å². The molecule has 2 aromatic heterocycles. The average Bonchev–Trinajstić information content (AvgIpc) is 2.81. The van der Waals surface area contributed by atoms with Crippen LogP contribution in [-0.4, -0.2) is 4.98 Å². The summed E-state index contributed by atoms with van der Waals surface area (Å²) in [7, 11) is 0. The van der Waals surface area contributed by atoms with Gasteiger partial charge in [-0.2, -0.15) is 0 Å². The zero-order valence-electron chi connectivity index (χ0n) is 13.5. The molecule has 0 saturated heterocycles. The summed E-state index contributed by atoms with van der Waals surface area (Å²) >= 11 is 0.